The zero-order valence-electron chi connectivity index (χ0n) is 11.2. The summed E-state index contributed by atoms with van der Waals surface area (Å²) in [6.07, 6.45) is 0. The quantitative estimate of drug-likeness (QED) is 0.433. The summed E-state index contributed by atoms with van der Waals surface area (Å²) in [7, 11) is 0. The van der Waals surface area contributed by atoms with Crippen LogP contribution in [0.25, 0.3) is 0 Å². The van der Waals surface area contributed by atoms with Crippen LogP contribution in [0.5, 0.6) is 0 Å². The lowest BCUT2D eigenvalue weighted by atomic mass is 10.1. The molecule has 2 atom stereocenters. The Balaban J connectivity index is 2.41. The lowest BCUT2D eigenvalue weighted by Gasteiger charge is -2.17. The fraction of sp³-hybridized carbons (Fsp3) is 0.833. The summed E-state index contributed by atoms with van der Waals surface area (Å²) in [4.78, 5) is 23.3. The molecule has 18 heavy (non-hydrogen) atoms. The molecule has 0 saturated carbocycles. The largest absolute Gasteiger partial charge is 0.355 e. The molecule has 0 radical (unpaired) electrons. The minimum atomic E-state index is -0.0532. The summed E-state index contributed by atoms with van der Waals surface area (Å²) < 4.78 is 0. The average molecular weight is 256 g/mol. The molecule has 2 unspecified atom stereocenters. The van der Waals surface area contributed by atoms with Gasteiger partial charge in [0.25, 0.3) is 0 Å². The Morgan fingerprint density at radius 1 is 0.778 bits per heavy atom. The van der Waals surface area contributed by atoms with Gasteiger partial charge in [-0.25, -0.2) is 0 Å². The molecule has 0 bridgehead atoms. The van der Waals surface area contributed by atoms with Gasteiger partial charge in [0.15, 0.2) is 0 Å². The van der Waals surface area contributed by atoms with Gasteiger partial charge >= 0.3 is 0 Å². The molecule has 6 heteroatoms. The van der Waals surface area contributed by atoms with E-state index in [4.69, 9.17) is 0 Å². The molecule has 0 aromatic heterocycles. The highest BCUT2D eigenvalue weighted by molar-refractivity contribution is 5.79. The smallest absolute Gasteiger partial charge is 0.224 e. The SMILES string of the molecule is CC1CNCCNC(=O)C(C)CNCCNC1=O. The van der Waals surface area contributed by atoms with Crippen molar-refractivity contribution in [3.8, 4) is 0 Å². The van der Waals surface area contributed by atoms with E-state index in [9.17, 15) is 9.59 Å². The third-order valence-corrected chi connectivity index (χ3v) is 3.00. The van der Waals surface area contributed by atoms with Gasteiger partial charge in [0.05, 0.1) is 0 Å². The van der Waals surface area contributed by atoms with Crippen LogP contribution >= 0.6 is 0 Å². The van der Waals surface area contributed by atoms with Gasteiger partial charge in [-0.1, -0.05) is 13.8 Å². The van der Waals surface area contributed by atoms with E-state index >= 15 is 0 Å². The fourth-order valence-corrected chi connectivity index (χ4v) is 1.72. The summed E-state index contributed by atoms with van der Waals surface area (Å²) in [5.74, 6) is 0.0296. The molecule has 1 rings (SSSR count). The first-order valence-electron chi connectivity index (χ1n) is 6.58. The number of carbonyl (C=O) groups excluding carboxylic acids is 2. The van der Waals surface area contributed by atoms with Crippen molar-refractivity contribution >= 4 is 11.8 Å². The zero-order valence-corrected chi connectivity index (χ0v) is 11.2. The van der Waals surface area contributed by atoms with Crippen molar-refractivity contribution in [2.24, 2.45) is 11.8 Å². The van der Waals surface area contributed by atoms with Gasteiger partial charge in [-0.05, 0) is 0 Å². The normalized spacial score (nSPS) is 29.0. The number of hydrogen-bond acceptors (Lipinski definition) is 4. The Morgan fingerprint density at radius 3 is 1.56 bits per heavy atom. The second-order valence-corrected chi connectivity index (χ2v) is 4.79. The van der Waals surface area contributed by atoms with E-state index in [1.807, 2.05) is 13.8 Å². The monoisotopic (exact) mass is 256 g/mol. The lowest BCUT2D eigenvalue weighted by Crippen LogP contribution is -2.43. The Kier molecular flexibility index (Phi) is 6.67. The molecular formula is C12H24N4O2. The maximum absolute atomic E-state index is 11.7. The Labute approximate surface area is 108 Å². The molecule has 1 aliphatic heterocycles. The van der Waals surface area contributed by atoms with Crippen LogP contribution in [0, 0.1) is 11.8 Å². The van der Waals surface area contributed by atoms with Crippen molar-refractivity contribution in [2.45, 2.75) is 13.8 Å². The van der Waals surface area contributed by atoms with Gasteiger partial charge in [-0.2, -0.15) is 0 Å². The molecular weight excluding hydrogens is 232 g/mol. The number of carbonyl (C=O) groups is 2. The molecule has 2 amide bonds. The van der Waals surface area contributed by atoms with Crippen LogP contribution in [-0.4, -0.2) is 51.1 Å². The van der Waals surface area contributed by atoms with E-state index in [0.717, 1.165) is 0 Å². The van der Waals surface area contributed by atoms with E-state index in [1.54, 1.807) is 0 Å². The number of rotatable bonds is 0. The van der Waals surface area contributed by atoms with Gasteiger partial charge in [0, 0.05) is 51.1 Å². The maximum atomic E-state index is 11.7. The number of nitrogens with one attached hydrogen (secondary N) is 4. The second kappa shape index (κ2) is 8.05. The highest BCUT2D eigenvalue weighted by atomic mass is 16.2. The maximum Gasteiger partial charge on any atom is 0.224 e. The van der Waals surface area contributed by atoms with Gasteiger partial charge in [-0.15, -0.1) is 0 Å². The molecule has 6 nitrogen and oxygen atoms in total. The van der Waals surface area contributed by atoms with Crippen molar-refractivity contribution in [3.63, 3.8) is 0 Å². The minimum absolute atomic E-state index is 0.0532. The van der Waals surface area contributed by atoms with E-state index in [-0.39, 0.29) is 23.7 Å². The molecule has 1 fully saturated rings. The first kappa shape index (κ1) is 14.9. The second-order valence-electron chi connectivity index (χ2n) is 4.79. The molecule has 1 aliphatic rings. The van der Waals surface area contributed by atoms with Gasteiger partial charge in [-0.3, -0.25) is 9.59 Å². The molecule has 1 heterocycles. The molecule has 1 saturated heterocycles. The Hall–Kier alpha value is -1.14. The topological polar surface area (TPSA) is 82.3 Å². The van der Waals surface area contributed by atoms with Crippen LogP contribution in [0.2, 0.25) is 0 Å². The van der Waals surface area contributed by atoms with E-state index in [0.29, 0.717) is 39.3 Å². The van der Waals surface area contributed by atoms with Crippen molar-refractivity contribution in [1.82, 2.24) is 21.3 Å². The van der Waals surface area contributed by atoms with Gasteiger partial charge in [0.1, 0.15) is 0 Å². The van der Waals surface area contributed by atoms with Crippen LogP contribution in [0.1, 0.15) is 13.8 Å². The van der Waals surface area contributed by atoms with Crippen LogP contribution in [0.3, 0.4) is 0 Å². The first-order chi connectivity index (χ1) is 8.61. The Bertz CT molecular complexity index is 255. The molecule has 0 aliphatic carbocycles. The van der Waals surface area contributed by atoms with Crippen molar-refractivity contribution in [1.29, 1.82) is 0 Å². The van der Waals surface area contributed by atoms with Crippen molar-refractivity contribution in [3.05, 3.63) is 0 Å². The van der Waals surface area contributed by atoms with E-state index < -0.39 is 0 Å². The summed E-state index contributed by atoms with van der Waals surface area (Å²) in [6.45, 7) is 7.60. The zero-order chi connectivity index (χ0) is 13.4. The van der Waals surface area contributed by atoms with Crippen LogP contribution in [0.4, 0.5) is 0 Å². The Morgan fingerprint density at radius 2 is 1.17 bits per heavy atom. The third kappa shape index (κ3) is 5.46. The van der Waals surface area contributed by atoms with Crippen LogP contribution in [0.15, 0.2) is 0 Å². The number of hydrogen-bond donors (Lipinski definition) is 4. The summed E-state index contributed by atoms with van der Waals surface area (Å²) in [5.41, 5.74) is 0. The van der Waals surface area contributed by atoms with Crippen molar-refractivity contribution in [2.75, 3.05) is 39.3 Å². The molecule has 0 spiro atoms. The van der Waals surface area contributed by atoms with E-state index in [1.165, 1.54) is 0 Å². The molecule has 0 aromatic carbocycles. The van der Waals surface area contributed by atoms with Crippen LogP contribution < -0.4 is 21.3 Å². The number of amides is 2. The van der Waals surface area contributed by atoms with Crippen LogP contribution in [-0.2, 0) is 9.59 Å². The molecule has 104 valence electrons. The standard InChI is InChI=1S/C12H24N4O2/c1-9-7-13-3-6-16-12(18)10(2)8-14-4-5-15-11(9)17/h9-10,13-14H,3-8H2,1-2H3,(H,15,17)(H,16,18). The summed E-state index contributed by atoms with van der Waals surface area (Å²) in [5, 5.41) is 12.1. The molecule has 0 aromatic rings. The van der Waals surface area contributed by atoms with Gasteiger partial charge in [0.2, 0.25) is 11.8 Å². The lowest BCUT2D eigenvalue weighted by molar-refractivity contribution is -0.125. The fourth-order valence-electron chi connectivity index (χ4n) is 1.72. The summed E-state index contributed by atoms with van der Waals surface area (Å²) in [6, 6.07) is 0. The predicted octanol–water partition coefficient (Wildman–Crippen LogP) is -1.32. The summed E-state index contributed by atoms with van der Waals surface area (Å²) >= 11 is 0. The first-order valence-corrected chi connectivity index (χ1v) is 6.58. The molecule has 4 N–H and O–H groups in total. The highest BCUT2D eigenvalue weighted by Gasteiger charge is 2.14. The predicted molar refractivity (Wildman–Crippen MR) is 70.1 cm³/mol. The van der Waals surface area contributed by atoms with Crippen molar-refractivity contribution < 1.29 is 9.59 Å². The third-order valence-electron chi connectivity index (χ3n) is 3.00. The highest BCUT2D eigenvalue weighted by Crippen LogP contribution is 1.94. The average Bonchev–Trinajstić information content (AvgIpc) is 2.35. The van der Waals surface area contributed by atoms with Gasteiger partial charge < -0.3 is 21.3 Å². The minimum Gasteiger partial charge on any atom is -0.355 e. The van der Waals surface area contributed by atoms with E-state index in [2.05, 4.69) is 21.3 Å².